The maximum atomic E-state index is 10.8. The number of hydrogen-bond acceptors (Lipinski definition) is 6. The summed E-state index contributed by atoms with van der Waals surface area (Å²) < 4.78 is 34.1. The molecule has 8 nitrogen and oxygen atoms in total. The summed E-state index contributed by atoms with van der Waals surface area (Å²) in [5.74, 6) is 0. The fraction of sp³-hybridized carbons (Fsp3) is 0.538. The van der Waals surface area contributed by atoms with Crippen LogP contribution in [0.2, 0.25) is 0 Å². The van der Waals surface area contributed by atoms with Crippen molar-refractivity contribution in [1.29, 1.82) is 0 Å². The molecule has 3 rings (SSSR count). The third kappa shape index (κ3) is 3.12. The van der Waals surface area contributed by atoms with Gasteiger partial charge in [0.05, 0.1) is 12.7 Å². The molecule has 1 saturated heterocycles. The van der Waals surface area contributed by atoms with Gasteiger partial charge in [-0.1, -0.05) is 6.92 Å². The number of hydrogen-bond donors (Lipinski definition) is 1. The molecule has 0 bridgehead atoms. The lowest BCUT2D eigenvalue weighted by Crippen LogP contribution is -2.23. The molecular weight excluding hydrogens is 308 g/mol. The van der Waals surface area contributed by atoms with Gasteiger partial charge in [0.15, 0.2) is 0 Å². The molecule has 1 aliphatic heterocycles. The molecule has 2 atom stereocenters. The molecule has 1 fully saturated rings. The van der Waals surface area contributed by atoms with Crippen LogP contribution in [0.25, 0.3) is 11.0 Å². The summed E-state index contributed by atoms with van der Waals surface area (Å²) in [5.41, 5.74) is 1.98. The molecule has 0 saturated carbocycles. The maximum absolute atomic E-state index is 10.8. The molecule has 0 aromatic carbocycles. The second-order valence-corrected chi connectivity index (χ2v) is 6.46. The Bertz CT molecular complexity index is 773. The van der Waals surface area contributed by atoms with Gasteiger partial charge in [-0.3, -0.25) is 4.18 Å². The van der Waals surface area contributed by atoms with Crippen molar-refractivity contribution < 1.29 is 17.3 Å². The van der Waals surface area contributed by atoms with Gasteiger partial charge in [-0.05, 0) is 24.8 Å². The topological polar surface area (TPSA) is 109 Å². The first-order chi connectivity index (χ1) is 10.5. The highest BCUT2D eigenvalue weighted by Crippen LogP contribution is 2.32. The van der Waals surface area contributed by atoms with E-state index >= 15 is 0 Å². The smallest absolute Gasteiger partial charge is 0.333 e. The largest absolute Gasteiger partial charge is 0.352 e. The molecule has 0 aliphatic carbocycles. The third-order valence-corrected chi connectivity index (χ3v) is 4.24. The van der Waals surface area contributed by atoms with E-state index in [9.17, 15) is 8.42 Å². The van der Waals surface area contributed by atoms with Crippen molar-refractivity contribution in [2.75, 3.05) is 6.61 Å². The van der Waals surface area contributed by atoms with Gasteiger partial charge in [0, 0.05) is 17.8 Å². The van der Waals surface area contributed by atoms with Crippen molar-refractivity contribution in [3.05, 3.63) is 24.3 Å². The molecule has 9 heteroatoms. The molecule has 1 aliphatic rings. The zero-order valence-electron chi connectivity index (χ0n) is 12.2. The van der Waals surface area contributed by atoms with E-state index in [1.54, 1.807) is 6.20 Å². The molecular formula is C13H18N4O4S. The van der Waals surface area contributed by atoms with Crippen LogP contribution in [0, 0.1) is 0 Å². The van der Waals surface area contributed by atoms with Crippen molar-refractivity contribution in [3.63, 3.8) is 0 Å². The molecule has 0 spiro atoms. The molecule has 120 valence electrons. The van der Waals surface area contributed by atoms with Gasteiger partial charge in [0.2, 0.25) is 0 Å². The Labute approximate surface area is 128 Å². The van der Waals surface area contributed by atoms with Crippen LogP contribution in [0.4, 0.5) is 0 Å². The first-order valence-electron chi connectivity index (χ1n) is 7.10. The summed E-state index contributed by atoms with van der Waals surface area (Å²) in [4.78, 5) is 8.40. The molecule has 22 heavy (non-hydrogen) atoms. The van der Waals surface area contributed by atoms with Gasteiger partial charge in [-0.15, -0.1) is 0 Å². The summed E-state index contributed by atoms with van der Waals surface area (Å²) >= 11 is 0. The van der Waals surface area contributed by atoms with Gasteiger partial charge < -0.3 is 9.30 Å². The predicted octanol–water partition coefficient (Wildman–Crippen LogP) is 0.891. The first-order valence-corrected chi connectivity index (χ1v) is 8.57. The lowest BCUT2D eigenvalue weighted by Gasteiger charge is -2.15. The zero-order chi connectivity index (χ0) is 15.7. The second kappa shape index (κ2) is 5.92. The van der Waals surface area contributed by atoms with E-state index in [0.29, 0.717) is 6.42 Å². The molecule has 3 heterocycles. The van der Waals surface area contributed by atoms with Gasteiger partial charge in [-0.2, -0.15) is 8.42 Å². The SMILES string of the molecule is CCc1cn([C@H]2CC[C@@H](COS(N)(=O)=O)O2)c2ncncc12. The van der Waals surface area contributed by atoms with E-state index in [-0.39, 0.29) is 18.9 Å². The van der Waals surface area contributed by atoms with Crippen molar-refractivity contribution in [3.8, 4) is 0 Å². The lowest BCUT2D eigenvalue weighted by atomic mass is 10.2. The summed E-state index contributed by atoms with van der Waals surface area (Å²) in [6, 6.07) is 0. The van der Waals surface area contributed by atoms with Crippen molar-refractivity contribution >= 4 is 21.3 Å². The average molecular weight is 326 g/mol. The highest BCUT2D eigenvalue weighted by Gasteiger charge is 2.29. The van der Waals surface area contributed by atoms with Crippen LogP contribution in [0.15, 0.2) is 18.7 Å². The number of nitrogens with two attached hydrogens (primary N) is 1. The Morgan fingerprint density at radius 1 is 1.50 bits per heavy atom. The normalized spacial score (nSPS) is 22.5. The van der Waals surface area contributed by atoms with Crippen LogP contribution in [-0.2, 0) is 25.6 Å². The van der Waals surface area contributed by atoms with Gasteiger partial charge in [0.1, 0.15) is 18.2 Å². The fourth-order valence-corrected chi connectivity index (χ4v) is 3.08. The lowest BCUT2D eigenvalue weighted by molar-refractivity contribution is -0.0146. The van der Waals surface area contributed by atoms with E-state index in [0.717, 1.165) is 29.4 Å². The minimum Gasteiger partial charge on any atom is -0.352 e. The molecule has 0 radical (unpaired) electrons. The molecule has 0 amide bonds. The Morgan fingerprint density at radius 2 is 2.32 bits per heavy atom. The van der Waals surface area contributed by atoms with Crippen LogP contribution >= 0.6 is 0 Å². The number of rotatable bonds is 5. The van der Waals surface area contributed by atoms with Gasteiger partial charge in [0.25, 0.3) is 0 Å². The quantitative estimate of drug-likeness (QED) is 0.874. The van der Waals surface area contributed by atoms with Crippen LogP contribution in [0.5, 0.6) is 0 Å². The minimum atomic E-state index is -3.94. The second-order valence-electron chi connectivity index (χ2n) is 5.24. The summed E-state index contributed by atoms with van der Waals surface area (Å²) in [6.45, 7) is 2.01. The van der Waals surface area contributed by atoms with Crippen LogP contribution in [0.1, 0.15) is 31.6 Å². The first kappa shape index (κ1) is 15.3. The molecule has 2 aromatic rings. The summed E-state index contributed by atoms with van der Waals surface area (Å²) in [7, 11) is -3.94. The van der Waals surface area contributed by atoms with Crippen LogP contribution in [-0.4, -0.2) is 35.7 Å². The van der Waals surface area contributed by atoms with Crippen molar-refractivity contribution in [2.24, 2.45) is 5.14 Å². The molecule has 2 N–H and O–H groups in total. The van der Waals surface area contributed by atoms with Gasteiger partial charge >= 0.3 is 10.3 Å². The molecule has 0 unspecified atom stereocenters. The Kier molecular flexibility index (Phi) is 4.13. The van der Waals surface area contributed by atoms with E-state index < -0.39 is 10.3 Å². The van der Waals surface area contributed by atoms with E-state index in [1.165, 1.54) is 6.33 Å². The maximum Gasteiger partial charge on any atom is 0.333 e. The van der Waals surface area contributed by atoms with E-state index in [1.807, 2.05) is 10.8 Å². The fourth-order valence-electron chi connectivity index (χ4n) is 2.74. The van der Waals surface area contributed by atoms with Crippen LogP contribution in [0.3, 0.4) is 0 Å². The molecule has 2 aromatic heterocycles. The number of nitrogens with zero attached hydrogens (tertiary/aromatic N) is 3. The number of aryl methyl sites for hydroxylation is 1. The number of ether oxygens (including phenoxy) is 1. The standard InChI is InChI=1S/C13H18N4O4S/c1-2-9-6-17(13-11(9)5-15-8-16-13)12-4-3-10(21-12)7-20-22(14,18)19/h5-6,8,10,12H,2-4,7H2,1H3,(H2,14,18,19)/t10-,12+/m0/s1. The van der Waals surface area contributed by atoms with Gasteiger partial charge in [-0.25, -0.2) is 15.1 Å². The Hall–Kier alpha value is -1.55. The average Bonchev–Trinajstić information content (AvgIpc) is 3.08. The monoisotopic (exact) mass is 326 g/mol. The summed E-state index contributed by atoms with van der Waals surface area (Å²) in [6.07, 6.45) is 7.18. The Balaban J connectivity index is 1.79. The van der Waals surface area contributed by atoms with E-state index in [2.05, 4.69) is 21.1 Å². The Morgan fingerprint density at radius 3 is 3.05 bits per heavy atom. The summed E-state index contributed by atoms with van der Waals surface area (Å²) in [5, 5.41) is 5.84. The number of aromatic nitrogens is 3. The highest BCUT2D eigenvalue weighted by atomic mass is 32.2. The van der Waals surface area contributed by atoms with E-state index in [4.69, 9.17) is 9.88 Å². The number of fused-ring (bicyclic) bond motifs is 1. The van der Waals surface area contributed by atoms with Crippen LogP contribution < -0.4 is 5.14 Å². The highest BCUT2D eigenvalue weighted by molar-refractivity contribution is 7.84. The predicted molar refractivity (Wildman–Crippen MR) is 79.1 cm³/mol. The minimum absolute atomic E-state index is 0.0653. The third-order valence-electron chi connectivity index (χ3n) is 3.77. The zero-order valence-corrected chi connectivity index (χ0v) is 13.0. The van der Waals surface area contributed by atoms with Crippen molar-refractivity contribution in [1.82, 2.24) is 14.5 Å². The van der Waals surface area contributed by atoms with Crippen molar-refractivity contribution in [2.45, 2.75) is 38.5 Å².